The van der Waals surface area contributed by atoms with E-state index in [0.29, 0.717) is 74.1 Å². The fraction of sp³-hybridized carbons (Fsp3) is 0.286. The zero-order valence-corrected chi connectivity index (χ0v) is 41.2. The Kier molecular flexibility index (Phi) is 16.5. The molecule has 14 heteroatoms. The molecule has 0 saturated carbocycles. The third-order valence-corrected chi connectivity index (χ3v) is 13.3. The zero-order valence-electron chi connectivity index (χ0n) is 41.2. The van der Waals surface area contributed by atoms with Gasteiger partial charge in [0.15, 0.2) is 0 Å². The highest BCUT2D eigenvalue weighted by Crippen LogP contribution is 2.38. The molecular weight excluding hydrogens is 890 g/mol. The summed E-state index contributed by atoms with van der Waals surface area (Å²) in [5.74, 6) is -1.29. The molecule has 0 bridgehead atoms. The highest BCUT2D eigenvalue weighted by Gasteiger charge is 2.29. The first-order valence-corrected chi connectivity index (χ1v) is 24.4. The number of benzene rings is 3. The van der Waals surface area contributed by atoms with Gasteiger partial charge in [0.1, 0.15) is 11.5 Å². The minimum absolute atomic E-state index is 0.194. The number of aromatic nitrogens is 4. The van der Waals surface area contributed by atoms with E-state index in [2.05, 4.69) is 56.3 Å². The number of hydrogen-bond donors (Lipinski definition) is 4. The van der Waals surface area contributed by atoms with E-state index in [1.165, 1.54) is 12.2 Å². The second kappa shape index (κ2) is 22.6. The van der Waals surface area contributed by atoms with Gasteiger partial charge in [0.25, 0.3) is 0 Å². The van der Waals surface area contributed by atoms with Gasteiger partial charge in [-0.2, -0.15) is 0 Å². The minimum atomic E-state index is -3.11. The number of nitrogens with one attached hydrogen (secondary N) is 4. The Balaban J connectivity index is 1.18. The SMILES string of the molecule is CCc1c[nH]c(/C(=C/C(=O)c2[nH]c(-c3ccc(-c4ccccc4-c4ccc(-c5[nH]c(C(=O)/C=C(\OB(F)F)c6[nH]cc(CC)c6CC)c(CC)c5CC)cc4)cc3)c(CC)c2CC)OB(F)F)c1CC. The van der Waals surface area contributed by atoms with Crippen LogP contribution in [-0.4, -0.2) is 46.4 Å². The summed E-state index contributed by atoms with van der Waals surface area (Å²) in [6, 6.07) is 24.5. The largest absolute Gasteiger partial charge is 0.796 e. The van der Waals surface area contributed by atoms with Gasteiger partial charge in [-0.3, -0.25) is 9.59 Å². The predicted molar refractivity (Wildman–Crippen MR) is 276 cm³/mol. The Hall–Kier alpha value is -6.95. The Morgan fingerprint density at radius 3 is 1.07 bits per heavy atom. The van der Waals surface area contributed by atoms with E-state index in [9.17, 15) is 26.9 Å². The maximum atomic E-state index is 14.0. The lowest BCUT2D eigenvalue weighted by Gasteiger charge is -2.12. The van der Waals surface area contributed by atoms with Gasteiger partial charge in [0.2, 0.25) is 11.6 Å². The van der Waals surface area contributed by atoms with Crippen molar-refractivity contribution in [3.8, 4) is 44.8 Å². The summed E-state index contributed by atoms with van der Waals surface area (Å²) in [4.78, 5) is 41.0. The number of H-pyrrole nitrogens is 4. The number of hydrogen-bond acceptors (Lipinski definition) is 4. The molecule has 4 N–H and O–H groups in total. The number of carbonyl (C=O) groups excluding carboxylic acids is 2. The van der Waals surface area contributed by atoms with Crippen LogP contribution in [0.3, 0.4) is 0 Å². The molecule has 0 amide bonds. The number of rotatable bonds is 22. The molecule has 0 unspecified atom stereocenters. The molecule has 0 aliphatic heterocycles. The van der Waals surface area contributed by atoms with Gasteiger partial charge in [-0.05, 0) is 129 Å². The van der Waals surface area contributed by atoms with Crippen LogP contribution in [0.5, 0.6) is 0 Å². The highest BCUT2D eigenvalue weighted by molar-refractivity contribution is 6.36. The lowest BCUT2D eigenvalue weighted by molar-refractivity contribution is 0.103. The second-order valence-electron chi connectivity index (χ2n) is 17.0. The molecule has 0 aliphatic rings. The maximum Gasteiger partial charge on any atom is 0.796 e. The molecule has 4 heterocycles. The number of allylic oxidation sites excluding steroid dienone is 2. The van der Waals surface area contributed by atoms with Gasteiger partial charge in [0.05, 0.1) is 22.8 Å². The Labute approximate surface area is 408 Å². The summed E-state index contributed by atoms with van der Waals surface area (Å²) in [7, 11) is -6.22. The molecule has 3 aromatic carbocycles. The van der Waals surface area contributed by atoms with Crippen molar-refractivity contribution in [2.45, 2.75) is 107 Å². The smallest absolute Gasteiger partial charge is 0.503 e. The van der Waals surface area contributed by atoms with E-state index < -0.39 is 26.5 Å². The topological polar surface area (TPSA) is 116 Å². The molecule has 0 aliphatic carbocycles. The van der Waals surface area contributed by atoms with Crippen molar-refractivity contribution in [1.82, 2.24) is 19.9 Å². The second-order valence-corrected chi connectivity index (χ2v) is 17.0. The molecule has 7 rings (SSSR count). The van der Waals surface area contributed by atoms with Crippen molar-refractivity contribution in [2.75, 3.05) is 0 Å². The van der Waals surface area contributed by atoms with Gasteiger partial charge in [0, 0.05) is 35.9 Å². The van der Waals surface area contributed by atoms with E-state index in [0.717, 1.165) is 89.3 Å². The molecule has 0 saturated heterocycles. The summed E-state index contributed by atoms with van der Waals surface area (Å²) in [6.07, 6.45) is 10.9. The van der Waals surface area contributed by atoms with Crippen molar-refractivity contribution in [2.24, 2.45) is 0 Å². The molecule has 70 heavy (non-hydrogen) atoms. The van der Waals surface area contributed by atoms with Crippen LogP contribution in [0.1, 0.15) is 132 Å². The van der Waals surface area contributed by atoms with Crippen LogP contribution < -0.4 is 0 Å². The van der Waals surface area contributed by atoms with Crippen molar-refractivity contribution in [1.29, 1.82) is 0 Å². The molecule has 0 spiro atoms. The molecule has 4 aromatic heterocycles. The van der Waals surface area contributed by atoms with Crippen LogP contribution in [0.2, 0.25) is 0 Å². The fourth-order valence-corrected chi connectivity index (χ4v) is 10.0. The lowest BCUT2D eigenvalue weighted by atomic mass is 9.92. The predicted octanol–water partition coefficient (Wildman–Crippen LogP) is 14.5. The Morgan fingerprint density at radius 2 is 0.771 bits per heavy atom. The summed E-state index contributed by atoms with van der Waals surface area (Å²) in [5.41, 5.74) is 16.1. The van der Waals surface area contributed by atoms with Crippen LogP contribution in [0.25, 0.3) is 56.3 Å². The van der Waals surface area contributed by atoms with E-state index >= 15 is 0 Å². The third kappa shape index (κ3) is 10.3. The van der Waals surface area contributed by atoms with E-state index in [4.69, 9.17) is 9.31 Å². The van der Waals surface area contributed by atoms with Crippen molar-refractivity contribution >= 4 is 38.0 Å². The average molecular weight is 951 g/mol. The number of aromatic amines is 4. The number of ketones is 2. The quantitative estimate of drug-likeness (QED) is 0.0178. The van der Waals surface area contributed by atoms with Gasteiger partial charge in [-0.15, -0.1) is 0 Å². The van der Waals surface area contributed by atoms with Crippen LogP contribution >= 0.6 is 0 Å². The molecule has 0 radical (unpaired) electrons. The normalized spacial score (nSPS) is 11.9. The highest BCUT2D eigenvalue weighted by atomic mass is 19.2. The minimum Gasteiger partial charge on any atom is -0.503 e. The van der Waals surface area contributed by atoms with Crippen LogP contribution in [-0.2, 0) is 60.7 Å². The van der Waals surface area contributed by atoms with Gasteiger partial charge in [-0.25, -0.2) is 17.3 Å². The average Bonchev–Trinajstić information content (AvgIpc) is 4.17. The first-order chi connectivity index (χ1) is 33.8. The number of carbonyl (C=O) groups is 2. The van der Waals surface area contributed by atoms with Crippen LogP contribution in [0.15, 0.2) is 97.3 Å². The van der Waals surface area contributed by atoms with Crippen LogP contribution in [0.4, 0.5) is 17.3 Å². The van der Waals surface area contributed by atoms with Gasteiger partial charge < -0.3 is 29.2 Å². The summed E-state index contributed by atoms with van der Waals surface area (Å²) in [5, 5.41) is 0. The molecule has 362 valence electrons. The van der Waals surface area contributed by atoms with Crippen molar-refractivity contribution in [3.05, 3.63) is 165 Å². The van der Waals surface area contributed by atoms with Crippen molar-refractivity contribution < 1.29 is 36.2 Å². The Morgan fingerprint density at radius 1 is 0.443 bits per heavy atom. The maximum absolute atomic E-state index is 14.0. The molecule has 0 fully saturated rings. The zero-order chi connectivity index (χ0) is 50.2. The summed E-state index contributed by atoms with van der Waals surface area (Å²) in [6.45, 7) is 15.9. The summed E-state index contributed by atoms with van der Waals surface area (Å²) >= 11 is 0. The monoisotopic (exact) mass is 950 g/mol. The molecule has 7 aromatic rings. The molecular formula is C56H60B2F4N4O4. The molecule has 0 atom stereocenters. The first-order valence-electron chi connectivity index (χ1n) is 24.4. The Bertz CT molecular complexity index is 2830. The number of aryl methyl sites for hydroxylation is 2. The number of halogens is 4. The first kappa shape index (κ1) is 50.9. The van der Waals surface area contributed by atoms with Crippen LogP contribution in [0, 0.1) is 0 Å². The third-order valence-electron chi connectivity index (χ3n) is 13.3. The standard InChI is InChI=1S/C56H60B2F4N4O4/c1-9-33-31-63-55(39(33)11-3)49(69-57(59)60)29-47(67)53-43(15-7)41(13-5)51(65-53)37-25-21-35(22-26-37)45-19-17-18-20-46(45)36-23-27-38(28-24-36)52-42(14-6)44(16-8)54(66-52)48(68)30-50(70-58(61)62)56-40(12-4)34(10-2)32-64-56/h17-32,63-66H,9-16H2,1-8H3/b49-29-,50-30-. The van der Waals surface area contributed by atoms with E-state index in [1.54, 1.807) is 12.4 Å². The van der Waals surface area contributed by atoms with E-state index in [-0.39, 0.29) is 11.5 Å². The van der Waals surface area contributed by atoms with Gasteiger partial charge in [-0.1, -0.05) is 128 Å². The molecule has 8 nitrogen and oxygen atoms in total. The van der Waals surface area contributed by atoms with E-state index in [1.807, 2.05) is 91.8 Å². The fourth-order valence-electron chi connectivity index (χ4n) is 10.0. The van der Waals surface area contributed by atoms with Gasteiger partial charge >= 0.3 is 14.9 Å². The van der Waals surface area contributed by atoms with Crippen molar-refractivity contribution in [3.63, 3.8) is 0 Å². The lowest BCUT2D eigenvalue weighted by Crippen LogP contribution is -2.09. The summed E-state index contributed by atoms with van der Waals surface area (Å²) < 4.78 is 65.0.